The zero-order valence-corrected chi connectivity index (χ0v) is 13.2. The molecule has 20 heavy (non-hydrogen) atoms. The molecule has 0 saturated heterocycles. The van der Waals surface area contributed by atoms with Gasteiger partial charge in [0, 0.05) is 37.0 Å². The molecule has 1 fully saturated rings. The van der Waals surface area contributed by atoms with E-state index in [0.717, 1.165) is 48.4 Å². The monoisotopic (exact) mass is 296 g/mol. The average Bonchev–Trinajstić information content (AvgIpc) is 3.20. The largest absolute Gasteiger partial charge is 0.379 e. The van der Waals surface area contributed by atoms with Crippen LogP contribution in [0.3, 0.4) is 0 Å². The summed E-state index contributed by atoms with van der Waals surface area (Å²) >= 11 is 6.32. The van der Waals surface area contributed by atoms with Gasteiger partial charge in [0.05, 0.1) is 6.61 Å². The number of ether oxygens (including phenoxy) is 1. The number of hydrogen-bond donors (Lipinski definition) is 1. The molecule has 1 atom stereocenters. The van der Waals surface area contributed by atoms with Gasteiger partial charge in [-0.2, -0.15) is 0 Å². The molecule has 0 heterocycles. The summed E-state index contributed by atoms with van der Waals surface area (Å²) in [6.07, 6.45) is 3.49. The van der Waals surface area contributed by atoms with Gasteiger partial charge in [-0.15, -0.1) is 0 Å². The maximum absolute atomic E-state index is 6.32. The fourth-order valence-corrected chi connectivity index (χ4v) is 2.40. The Balaban J connectivity index is 1.82. The SMILES string of the molecule is CC(N)Cc1ccc(N(C)CCOCC2CC2)cc1Cl. The molecule has 1 unspecified atom stereocenters. The highest BCUT2D eigenvalue weighted by molar-refractivity contribution is 6.31. The molecule has 112 valence electrons. The lowest BCUT2D eigenvalue weighted by molar-refractivity contribution is 0.131. The summed E-state index contributed by atoms with van der Waals surface area (Å²) in [6, 6.07) is 6.32. The van der Waals surface area contributed by atoms with Crippen molar-refractivity contribution in [3.05, 3.63) is 28.8 Å². The first kappa shape index (κ1) is 15.6. The van der Waals surface area contributed by atoms with Gasteiger partial charge in [0.2, 0.25) is 0 Å². The Hall–Kier alpha value is -0.770. The molecule has 2 N–H and O–H groups in total. The van der Waals surface area contributed by atoms with Crippen LogP contribution in [0, 0.1) is 5.92 Å². The van der Waals surface area contributed by atoms with Gasteiger partial charge in [0.1, 0.15) is 0 Å². The number of halogens is 1. The highest BCUT2D eigenvalue weighted by Gasteiger charge is 2.21. The fourth-order valence-electron chi connectivity index (χ4n) is 2.15. The zero-order chi connectivity index (χ0) is 14.5. The van der Waals surface area contributed by atoms with Crippen LogP contribution in [0.25, 0.3) is 0 Å². The van der Waals surface area contributed by atoms with Gasteiger partial charge in [-0.1, -0.05) is 17.7 Å². The predicted octanol–water partition coefficient (Wildman–Crippen LogP) is 3.09. The average molecular weight is 297 g/mol. The first-order chi connectivity index (χ1) is 9.56. The number of nitrogens with zero attached hydrogens (tertiary/aromatic N) is 1. The summed E-state index contributed by atoms with van der Waals surface area (Å²) in [6.45, 7) is 4.57. The minimum absolute atomic E-state index is 0.131. The molecular weight excluding hydrogens is 272 g/mol. The Kier molecular flexibility index (Phi) is 5.70. The van der Waals surface area contributed by atoms with Crippen LogP contribution in [0.2, 0.25) is 5.02 Å². The van der Waals surface area contributed by atoms with E-state index in [-0.39, 0.29) is 6.04 Å². The van der Waals surface area contributed by atoms with Crippen molar-refractivity contribution in [1.29, 1.82) is 0 Å². The van der Waals surface area contributed by atoms with Crippen LogP contribution in [0.15, 0.2) is 18.2 Å². The summed E-state index contributed by atoms with van der Waals surface area (Å²) < 4.78 is 5.67. The molecule has 0 spiro atoms. The molecule has 1 saturated carbocycles. The van der Waals surface area contributed by atoms with Gasteiger partial charge >= 0.3 is 0 Å². The third kappa shape index (κ3) is 4.97. The van der Waals surface area contributed by atoms with Gasteiger partial charge in [-0.05, 0) is 49.8 Å². The number of anilines is 1. The lowest BCUT2D eigenvalue weighted by Gasteiger charge is -2.20. The maximum atomic E-state index is 6.32. The normalized spacial score (nSPS) is 16.2. The fraction of sp³-hybridized carbons (Fsp3) is 0.625. The number of nitrogens with two attached hydrogens (primary N) is 1. The zero-order valence-electron chi connectivity index (χ0n) is 12.4. The summed E-state index contributed by atoms with van der Waals surface area (Å²) in [5, 5.41) is 0.797. The summed E-state index contributed by atoms with van der Waals surface area (Å²) in [5.74, 6) is 0.826. The second kappa shape index (κ2) is 7.30. The molecular formula is C16H25ClN2O. The lowest BCUT2D eigenvalue weighted by Crippen LogP contribution is -2.23. The van der Waals surface area contributed by atoms with Crippen LogP contribution in [0.5, 0.6) is 0 Å². The molecule has 0 aliphatic heterocycles. The Morgan fingerprint density at radius 2 is 2.20 bits per heavy atom. The minimum atomic E-state index is 0.131. The number of benzene rings is 1. The van der Waals surface area contributed by atoms with Crippen LogP contribution in [-0.4, -0.2) is 32.8 Å². The van der Waals surface area contributed by atoms with E-state index >= 15 is 0 Å². The van der Waals surface area contributed by atoms with E-state index in [1.54, 1.807) is 0 Å². The summed E-state index contributed by atoms with van der Waals surface area (Å²) in [4.78, 5) is 2.18. The van der Waals surface area contributed by atoms with Crippen LogP contribution in [0.1, 0.15) is 25.3 Å². The maximum Gasteiger partial charge on any atom is 0.0641 e. The van der Waals surface area contributed by atoms with Crippen molar-refractivity contribution < 1.29 is 4.74 Å². The van der Waals surface area contributed by atoms with E-state index in [1.165, 1.54) is 12.8 Å². The molecule has 0 radical (unpaired) electrons. The first-order valence-electron chi connectivity index (χ1n) is 7.39. The van der Waals surface area contributed by atoms with E-state index in [2.05, 4.69) is 24.1 Å². The number of likely N-dealkylation sites (N-methyl/N-ethyl adjacent to an activating group) is 1. The smallest absolute Gasteiger partial charge is 0.0641 e. The number of hydrogen-bond acceptors (Lipinski definition) is 3. The molecule has 1 aromatic rings. The lowest BCUT2D eigenvalue weighted by atomic mass is 10.1. The molecule has 0 amide bonds. The quantitative estimate of drug-likeness (QED) is 0.749. The molecule has 0 aromatic heterocycles. The minimum Gasteiger partial charge on any atom is -0.379 e. The van der Waals surface area contributed by atoms with Crippen molar-refractivity contribution in [2.45, 2.75) is 32.2 Å². The van der Waals surface area contributed by atoms with E-state index in [1.807, 2.05) is 13.0 Å². The van der Waals surface area contributed by atoms with Gasteiger partial charge in [0.15, 0.2) is 0 Å². The van der Waals surface area contributed by atoms with Crippen molar-refractivity contribution in [2.75, 3.05) is 31.7 Å². The van der Waals surface area contributed by atoms with Crippen molar-refractivity contribution in [1.82, 2.24) is 0 Å². The van der Waals surface area contributed by atoms with Gasteiger partial charge in [-0.3, -0.25) is 0 Å². The van der Waals surface area contributed by atoms with Crippen molar-refractivity contribution in [3.63, 3.8) is 0 Å². The molecule has 0 bridgehead atoms. The Morgan fingerprint density at radius 1 is 1.45 bits per heavy atom. The standard InChI is InChI=1S/C16H25ClN2O/c1-12(18)9-14-5-6-15(10-16(14)17)19(2)7-8-20-11-13-3-4-13/h5-6,10,12-13H,3-4,7-9,11,18H2,1-2H3. The van der Waals surface area contributed by atoms with Crippen LogP contribution < -0.4 is 10.6 Å². The molecule has 1 aliphatic rings. The molecule has 1 aromatic carbocycles. The molecule has 1 aliphatic carbocycles. The van der Waals surface area contributed by atoms with Crippen LogP contribution in [-0.2, 0) is 11.2 Å². The predicted molar refractivity (Wildman–Crippen MR) is 85.6 cm³/mol. The Bertz CT molecular complexity index is 432. The first-order valence-corrected chi connectivity index (χ1v) is 7.77. The van der Waals surface area contributed by atoms with Gasteiger partial charge < -0.3 is 15.4 Å². The van der Waals surface area contributed by atoms with Crippen molar-refractivity contribution >= 4 is 17.3 Å². The van der Waals surface area contributed by atoms with E-state index in [0.29, 0.717) is 0 Å². The second-order valence-corrected chi connectivity index (χ2v) is 6.30. The van der Waals surface area contributed by atoms with Gasteiger partial charge in [0.25, 0.3) is 0 Å². The second-order valence-electron chi connectivity index (χ2n) is 5.90. The summed E-state index contributed by atoms with van der Waals surface area (Å²) in [7, 11) is 2.07. The Labute approximate surface area is 127 Å². The van der Waals surface area contributed by atoms with Gasteiger partial charge in [-0.25, -0.2) is 0 Å². The third-order valence-corrected chi connectivity index (χ3v) is 3.99. The molecule has 2 rings (SSSR count). The van der Waals surface area contributed by atoms with Crippen LogP contribution in [0.4, 0.5) is 5.69 Å². The highest BCUT2D eigenvalue weighted by Crippen LogP contribution is 2.28. The topological polar surface area (TPSA) is 38.5 Å². The Morgan fingerprint density at radius 3 is 2.80 bits per heavy atom. The highest BCUT2D eigenvalue weighted by atomic mass is 35.5. The van der Waals surface area contributed by atoms with E-state index < -0.39 is 0 Å². The molecule has 3 nitrogen and oxygen atoms in total. The van der Waals surface area contributed by atoms with Crippen molar-refractivity contribution in [2.24, 2.45) is 11.7 Å². The molecule has 4 heteroatoms. The number of rotatable bonds is 8. The van der Waals surface area contributed by atoms with Crippen molar-refractivity contribution in [3.8, 4) is 0 Å². The van der Waals surface area contributed by atoms with E-state index in [9.17, 15) is 0 Å². The van der Waals surface area contributed by atoms with E-state index in [4.69, 9.17) is 22.1 Å². The third-order valence-electron chi connectivity index (χ3n) is 3.64. The summed E-state index contributed by atoms with van der Waals surface area (Å²) in [5.41, 5.74) is 8.05. The van der Waals surface area contributed by atoms with Crippen LogP contribution >= 0.6 is 11.6 Å².